The van der Waals surface area contributed by atoms with Crippen LogP contribution in [0.4, 0.5) is 0 Å². The summed E-state index contributed by atoms with van der Waals surface area (Å²) < 4.78 is 67.9. The Morgan fingerprint density at radius 2 is 0.586 bits per heavy atom. The molecule has 0 heterocycles. The standard InChI is InChI=1S/C68H132O17P2/c1-8-11-12-32-42-49-65(70)78-55-63(85-68(73)52-45-38-31-30-35-41-48-61(7)10-3)57-82-86(74,75)80-53-62(69)54-81-87(76,77)83-58-64(56-79-66(71)50-43-36-29-25-26-33-39-46-59(4)5)84-67(72)51-44-37-28-24-22-20-18-16-14-13-15-17-19-21-23-27-34-40-47-60(6)9-2/h59-64,69H,8-58H2,1-7H3,(H,74,75)(H,76,77)/t60?,61?,62-,63+,64+/m0/s1. The van der Waals surface area contributed by atoms with Crippen LogP contribution in [0.5, 0.6) is 0 Å². The number of ether oxygens (including phenoxy) is 4. The fourth-order valence-corrected chi connectivity index (χ4v) is 11.7. The number of carbonyl (C=O) groups is 4. The summed E-state index contributed by atoms with van der Waals surface area (Å²) in [6.45, 7) is 11.7. The zero-order valence-electron chi connectivity index (χ0n) is 56.5. The Morgan fingerprint density at radius 1 is 0.333 bits per heavy atom. The van der Waals surface area contributed by atoms with E-state index in [1.54, 1.807) is 0 Å². The van der Waals surface area contributed by atoms with Crippen LogP contribution in [0, 0.1) is 17.8 Å². The number of rotatable bonds is 66. The fraction of sp³-hybridized carbons (Fsp3) is 0.941. The van der Waals surface area contributed by atoms with Crippen molar-refractivity contribution in [3.05, 3.63) is 0 Å². The molecule has 4 unspecified atom stereocenters. The maximum absolute atomic E-state index is 13.0. The van der Waals surface area contributed by atoms with Gasteiger partial charge in [-0.1, -0.05) is 286 Å². The van der Waals surface area contributed by atoms with E-state index in [0.29, 0.717) is 31.6 Å². The predicted molar refractivity (Wildman–Crippen MR) is 349 cm³/mol. The second-order valence-electron chi connectivity index (χ2n) is 25.5. The number of aliphatic hydroxyl groups excluding tert-OH is 1. The average Bonchev–Trinajstić information content (AvgIpc) is 3.55. The number of hydrogen-bond acceptors (Lipinski definition) is 15. The molecule has 0 amide bonds. The van der Waals surface area contributed by atoms with Crippen LogP contribution in [0.2, 0.25) is 0 Å². The van der Waals surface area contributed by atoms with Crippen molar-refractivity contribution in [1.82, 2.24) is 0 Å². The molecule has 0 spiro atoms. The lowest BCUT2D eigenvalue weighted by Crippen LogP contribution is -2.30. The number of phosphoric ester groups is 2. The highest BCUT2D eigenvalue weighted by Crippen LogP contribution is 2.45. The summed E-state index contributed by atoms with van der Waals surface area (Å²) in [5.41, 5.74) is 0. The van der Waals surface area contributed by atoms with Gasteiger partial charge in [-0.25, -0.2) is 9.13 Å². The van der Waals surface area contributed by atoms with Gasteiger partial charge in [-0.05, 0) is 43.4 Å². The summed E-state index contributed by atoms with van der Waals surface area (Å²) in [4.78, 5) is 72.1. The van der Waals surface area contributed by atoms with Crippen molar-refractivity contribution in [2.45, 2.75) is 356 Å². The Labute approximate surface area is 530 Å². The van der Waals surface area contributed by atoms with Gasteiger partial charge in [0.1, 0.15) is 19.3 Å². The van der Waals surface area contributed by atoms with Crippen LogP contribution >= 0.6 is 15.6 Å². The van der Waals surface area contributed by atoms with Gasteiger partial charge in [-0.2, -0.15) is 0 Å². The average molecular weight is 1280 g/mol. The Bertz CT molecular complexity index is 1720. The Balaban J connectivity index is 5.07. The van der Waals surface area contributed by atoms with Crippen LogP contribution in [-0.4, -0.2) is 96.7 Å². The number of unbranched alkanes of at least 4 members (excludes halogenated alkanes) is 32. The van der Waals surface area contributed by atoms with Crippen LogP contribution < -0.4 is 0 Å². The molecule has 0 aromatic rings. The minimum atomic E-state index is -4.95. The zero-order valence-corrected chi connectivity index (χ0v) is 58.3. The topological polar surface area (TPSA) is 237 Å². The second-order valence-corrected chi connectivity index (χ2v) is 28.4. The molecule has 7 atom stereocenters. The predicted octanol–water partition coefficient (Wildman–Crippen LogP) is 19.1. The second kappa shape index (κ2) is 59.1. The molecule has 87 heavy (non-hydrogen) atoms. The van der Waals surface area contributed by atoms with Crippen LogP contribution in [0.15, 0.2) is 0 Å². The minimum Gasteiger partial charge on any atom is -0.462 e. The van der Waals surface area contributed by atoms with Gasteiger partial charge in [0.2, 0.25) is 0 Å². The molecule has 0 rings (SSSR count). The third kappa shape index (κ3) is 60.1. The summed E-state index contributed by atoms with van der Waals surface area (Å²) in [6.07, 6.45) is 42.4. The van der Waals surface area contributed by atoms with Gasteiger partial charge in [0.25, 0.3) is 0 Å². The number of aliphatic hydroxyl groups is 1. The van der Waals surface area contributed by atoms with Crippen molar-refractivity contribution < 1.29 is 80.2 Å². The Kier molecular flexibility index (Phi) is 57.8. The van der Waals surface area contributed by atoms with Crippen LogP contribution in [-0.2, 0) is 65.4 Å². The van der Waals surface area contributed by atoms with Crippen molar-refractivity contribution in [2.24, 2.45) is 17.8 Å². The molecular weight excluding hydrogens is 1150 g/mol. The van der Waals surface area contributed by atoms with Gasteiger partial charge in [-0.3, -0.25) is 37.3 Å². The lowest BCUT2D eigenvalue weighted by Gasteiger charge is -2.21. The highest BCUT2D eigenvalue weighted by Gasteiger charge is 2.30. The van der Waals surface area contributed by atoms with E-state index >= 15 is 0 Å². The first-order valence-corrected chi connectivity index (χ1v) is 38.4. The van der Waals surface area contributed by atoms with Crippen LogP contribution in [0.1, 0.15) is 337 Å². The van der Waals surface area contributed by atoms with E-state index in [1.807, 2.05) is 0 Å². The van der Waals surface area contributed by atoms with Gasteiger partial charge in [-0.15, -0.1) is 0 Å². The van der Waals surface area contributed by atoms with E-state index in [-0.39, 0.29) is 25.7 Å². The van der Waals surface area contributed by atoms with Gasteiger partial charge in [0.05, 0.1) is 26.4 Å². The molecule has 0 bridgehead atoms. The van der Waals surface area contributed by atoms with E-state index in [1.165, 1.54) is 135 Å². The number of esters is 4. The zero-order chi connectivity index (χ0) is 64.5. The van der Waals surface area contributed by atoms with Crippen LogP contribution in [0.3, 0.4) is 0 Å². The van der Waals surface area contributed by atoms with Gasteiger partial charge >= 0.3 is 39.5 Å². The molecular formula is C68H132O17P2. The molecule has 0 aliphatic heterocycles. The van der Waals surface area contributed by atoms with Gasteiger partial charge in [0.15, 0.2) is 12.2 Å². The maximum Gasteiger partial charge on any atom is 0.472 e. The van der Waals surface area contributed by atoms with Gasteiger partial charge in [0, 0.05) is 25.7 Å². The van der Waals surface area contributed by atoms with Crippen molar-refractivity contribution >= 4 is 39.5 Å². The molecule has 0 aromatic carbocycles. The summed E-state index contributed by atoms with van der Waals surface area (Å²) in [5.74, 6) is 0.151. The van der Waals surface area contributed by atoms with E-state index in [9.17, 15) is 43.2 Å². The number of carbonyl (C=O) groups excluding carboxylic acids is 4. The Morgan fingerprint density at radius 3 is 0.874 bits per heavy atom. The smallest absolute Gasteiger partial charge is 0.462 e. The molecule has 0 aliphatic carbocycles. The maximum atomic E-state index is 13.0. The third-order valence-corrected chi connectivity index (χ3v) is 18.3. The monoisotopic (exact) mass is 1280 g/mol. The fourth-order valence-electron chi connectivity index (χ4n) is 10.1. The molecule has 0 aliphatic rings. The lowest BCUT2D eigenvalue weighted by atomic mass is 9.99. The van der Waals surface area contributed by atoms with Crippen LogP contribution in [0.25, 0.3) is 0 Å². The highest BCUT2D eigenvalue weighted by molar-refractivity contribution is 7.47. The summed E-state index contributed by atoms with van der Waals surface area (Å²) >= 11 is 0. The normalized spacial score (nSPS) is 14.9. The molecule has 516 valence electrons. The SMILES string of the molecule is CCCCCCCC(=O)OC[C@H](COP(=O)(O)OC[C@H](O)COP(=O)(O)OC[C@@H](COC(=O)CCCCCCCCCC(C)C)OC(=O)CCCCCCCCCCCCCCCCCCCCC(C)CC)OC(=O)CCCCCCCCC(C)CC. The Hall–Kier alpha value is -1.94. The van der Waals surface area contributed by atoms with Gasteiger partial charge < -0.3 is 33.8 Å². The highest BCUT2D eigenvalue weighted by atomic mass is 31.2. The van der Waals surface area contributed by atoms with Crippen molar-refractivity contribution in [3.63, 3.8) is 0 Å². The third-order valence-electron chi connectivity index (χ3n) is 16.4. The summed E-state index contributed by atoms with van der Waals surface area (Å²) in [7, 11) is -9.88. The molecule has 0 saturated carbocycles. The van der Waals surface area contributed by atoms with E-state index < -0.39 is 97.5 Å². The van der Waals surface area contributed by atoms with E-state index in [4.69, 9.17) is 37.0 Å². The molecule has 0 saturated heterocycles. The summed E-state index contributed by atoms with van der Waals surface area (Å²) in [5, 5.41) is 10.5. The number of hydrogen-bond donors (Lipinski definition) is 3. The molecule has 17 nitrogen and oxygen atoms in total. The van der Waals surface area contributed by atoms with Crippen molar-refractivity contribution in [1.29, 1.82) is 0 Å². The number of phosphoric acid groups is 2. The molecule has 0 radical (unpaired) electrons. The van der Waals surface area contributed by atoms with E-state index in [0.717, 1.165) is 115 Å². The first-order valence-electron chi connectivity index (χ1n) is 35.4. The molecule has 0 aromatic heterocycles. The molecule has 3 N–H and O–H groups in total. The summed E-state index contributed by atoms with van der Waals surface area (Å²) in [6, 6.07) is 0. The first-order chi connectivity index (χ1) is 41.8. The lowest BCUT2D eigenvalue weighted by molar-refractivity contribution is -0.161. The van der Waals surface area contributed by atoms with Crippen molar-refractivity contribution in [3.8, 4) is 0 Å². The molecule has 0 fully saturated rings. The quantitative estimate of drug-likeness (QED) is 0.0222. The minimum absolute atomic E-state index is 0.102. The largest absolute Gasteiger partial charge is 0.472 e. The first kappa shape index (κ1) is 85.1. The van der Waals surface area contributed by atoms with Crippen molar-refractivity contribution in [2.75, 3.05) is 39.6 Å². The van der Waals surface area contributed by atoms with E-state index in [2.05, 4.69) is 48.5 Å². The molecule has 19 heteroatoms.